The number of rotatable bonds is 3. The van der Waals surface area contributed by atoms with E-state index in [9.17, 15) is 26.7 Å². The van der Waals surface area contributed by atoms with Gasteiger partial charge in [0.15, 0.2) is 5.75 Å². The van der Waals surface area contributed by atoms with Gasteiger partial charge in [-0.25, -0.2) is 13.6 Å². The van der Waals surface area contributed by atoms with Gasteiger partial charge in [-0.1, -0.05) is 6.07 Å². The third-order valence-electron chi connectivity index (χ3n) is 1.73. The predicted octanol–water partition coefficient (Wildman–Crippen LogP) is 3.22. The number of ether oxygens (including phenoxy) is 1. The predicted molar refractivity (Wildman–Crippen MR) is 45.0 cm³/mol. The van der Waals surface area contributed by atoms with Gasteiger partial charge in [0.2, 0.25) is 0 Å². The monoisotopic (exact) mass is 256 g/mol. The van der Waals surface area contributed by atoms with Crippen molar-refractivity contribution in [3.63, 3.8) is 0 Å². The molecule has 0 aliphatic carbocycles. The summed E-state index contributed by atoms with van der Waals surface area (Å²) in [6, 6.07) is 2.32. The maximum Gasteiger partial charge on any atom is 0.573 e. The van der Waals surface area contributed by atoms with Crippen LogP contribution in [0.3, 0.4) is 0 Å². The number of alkyl halides is 5. The Bertz CT molecular complexity index is 427. The van der Waals surface area contributed by atoms with E-state index >= 15 is 0 Å². The summed E-state index contributed by atoms with van der Waals surface area (Å²) in [6.45, 7) is 0. The molecule has 0 fully saturated rings. The first-order valence-corrected chi connectivity index (χ1v) is 4.12. The molecule has 0 atom stereocenters. The van der Waals surface area contributed by atoms with Gasteiger partial charge >= 0.3 is 12.3 Å². The fourth-order valence-corrected chi connectivity index (χ4v) is 1.12. The van der Waals surface area contributed by atoms with Gasteiger partial charge in [-0.2, -0.15) is 0 Å². The third-order valence-corrected chi connectivity index (χ3v) is 1.73. The molecule has 0 bridgehead atoms. The Morgan fingerprint density at radius 1 is 1.29 bits per heavy atom. The molecule has 0 aliphatic heterocycles. The number of carbonyl (C=O) groups is 1. The highest BCUT2D eigenvalue weighted by molar-refractivity contribution is 5.91. The average molecular weight is 256 g/mol. The Balaban J connectivity index is 3.34. The lowest BCUT2D eigenvalue weighted by molar-refractivity contribution is -0.275. The average Bonchev–Trinajstić information content (AvgIpc) is 2.14. The first-order valence-electron chi connectivity index (χ1n) is 4.12. The summed E-state index contributed by atoms with van der Waals surface area (Å²) in [7, 11) is 0. The van der Waals surface area contributed by atoms with E-state index in [1.807, 2.05) is 0 Å². The number of para-hydroxylation sites is 1. The van der Waals surface area contributed by atoms with Gasteiger partial charge in [0.1, 0.15) is 5.56 Å². The SMILES string of the molecule is O=C(O)c1cccc(C(F)F)c1OC(F)(F)F. The van der Waals surface area contributed by atoms with Crippen molar-refractivity contribution < 1.29 is 36.6 Å². The smallest absolute Gasteiger partial charge is 0.478 e. The second kappa shape index (κ2) is 4.56. The molecule has 1 rings (SSSR count). The Labute approximate surface area is 91.4 Å². The van der Waals surface area contributed by atoms with E-state index in [-0.39, 0.29) is 0 Å². The Hall–Kier alpha value is -1.86. The number of hydrogen-bond acceptors (Lipinski definition) is 2. The second-order valence-corrected chi connectivity index (χ2v) is 2.88. The molecule has 3 nitrogen and oxygen atoms in total. The van der Waals surface area contributed by atoms with E-state index in [1.54, 1.807) is 0 Å². The molecule has 0 aromatic heterocycles. The van der Waals surface area contributed by atoms with Crippen LogP contribution in [0, 0.1) is 0 Å². The summed E-state index contributed by atoms with van der Waals surface area (Å²) < 4.78 is 64.0. The van der Waals surface area contributed by atoms with Crippen molar-refractivity contribution in [3.05, 3.63) is 29.3 Å². The lowest BCUT2D eigenvalue weighted by Crippen LogP contribution is -2.20. The molecule has 94 valence electrons. The number of halogens is 5. The molecule has 0 heterocycles. The molecule has 0 aliphatic rings. The maximum atomic E-state index is 12.4. The minimum atomic E-state index is -5.24. The van der Waals surface area contributed by atoms with Crippen LogP contribution < -0.4 is 4.74 Å². The minimum absolute atomic E-state index is 0.665. The fourth-order valence-electron chi connectivity index (χ4n) is 1.12. The standard InChI is InChI=1S/C9H5F5O3/c10-7(11)4-2-1-3-5(8(15)16)6(4)17-9(12,13)14/h1-3,7H,(H,15,16). The molecule has 1 aromatic carbocycles. The van der Waals surface area contributed by atoms with E-state index in [0.717, 1.165) is 12.1 Å². The number of hydrogen-bond donors (Lipinski definition) is 1. The summed E-state index contributed by atoms with van der Waals surface area (Å²) in [5.74, 6) is -3.17. The summed E-state index contributed by atoms with van der Waals surface area (Å²) >= 11 is 0. The summed E-state index contributed by atoms with van der Waals surface area (Å²) in [5.41, 5.74) is -2.10. The zero-order valence-electron chi connectivity index (χ0n) is 7.96. The Morgan fingerprint density at radius 2 is 1.88 bits per heavy atom. The first kappa shape index (κ1) is 13.2. The van der Waals surface area contributed by atoms with Gasteiger partial charge in [-0.15, -0.1) is 13.2 Å². The van der Waals surface area contributed by atoms with Crippen LogP contribution in [-0.2, 0) is 0 Å². The molecule has 0 saturated heterocycles. The van der Waals surface area contributed by atoms with Crippen LogP contribution in [0.4, 0.5) is 22.0 Å². The highest BCUT2D eigenvalue weighted by atomic mass is 19.4. The van der Waals surface area contributed by atoms with Crippen molar-refractivity contribution in [2.75, 3.05) is 0 Å². The number of carboxylic acid groups (broad SMARTS) is 1. The van der Waals surface area contributed by atoms with Gasteiger partial charge in [0, 0.05) is 0 Å². The lowest BCUT2D eigenvalue weighted by Gasteiger charge is -2.14. The molecular weight excluding hydrogens is 251 g/mol. The van der Waals surface area contributed by atoms with Gasteiger partial charge < -0.3 is 9.84 Å². The molecule has 1 N–H and O–H groups in total. The first-order chi connectivity index (χ1) is 7.72. The highest BCUT2D eigenvalue weighted by Crippen LogP contribution is 2.35. The lowest BCUT2D eigenvalue weighted by atomic mass is 10.1. The molecule has 0 radical (unpaired) electrons. The van der Waals surface area contributed by atoms with Crippen LogP contribution in [0.1, 0.15) is 22.3 Å². The molecule has 0 spiro atoms. The molecule has 17 heavy (non-hydrogen) atoms. The van der Waals surface area contributed by atoms with Gasteiger partial charge in [0.05, 0.1) is 5.56 Å². The number of aromatic carboxylic acids is 1. The van der Waals surface area contributed by atoms with Crippen LogP contribution >= 0.6 is 0 Å². The molecule has 0 saturated carbocycles. The molecular formula is C9H5F5O3. The van der Waals surface area contributed by atoms with E-state index in [4.69, 9.17) is 5.11 Å². The number of carboxylic acids is 1. The van der Waals surface area contributed by atoms with E-state index in [1.165, 1.54) is 0 Å². The van der Waals surface area contributed by atoms with E-state index in [2.05, 4.69) is 4.74 Å². The van der Waals surface area contributed by atoms with Crippen LogP contribution in [0.25, 0.3) is 0 Å². The quantitative estimate of drug-likeness (QED) is 0.844. The van der Waals surface area contributed by atoms with E-state index in [0.29, 0.717) is 6.07 Å². The Morgan fingerprint density at radius 3 is 2.29 bits per heavy atom. The zero-order valence-corrected chi connectivity index (χ0v) is 7.96. The van der Waals surface area contributed by atoms with Crippen LogP contribution in [0.15, 0.2) is 18.2 Å². The van der Waals surface area contributed by atoms with Gasteiger partial charge in [-0.3, -0.25) is 0 Å². The highest BCUT2D eigenvalue weighted by Gasteiger charge is 2.35. The van der Waals surface area contributed by atoms with Crippen LogP contribution in [0.2, 0.25) is 0 Å². The maximum absolute atomic E-state index is 12.4. The van der Waals surface area contributed by atoms with Crippen molar-refractivity contribution in [2.45, 2.75) is 12.8 Å². The van der Waals surface area contributed by atoms with Crippen molar-refractivity contribution in [2.24, 2.45) is 0 Å². The normalized spacial score (nSPS) is 11.6. The summed E-state index contributed by atoms with van der Waals surface area (Å²) in [4.78, 5) is 10.6. The van der Waals surface area contributed by atoms with E-state index < -0.39 is 35.6 Å². The van der Waals surface area contributed by atoms with Gasteiger partial charge in [0.25, 0.3) is 6.43 Å². The second-order valence-electron chi connectivity index (χ2n) is 2.88. The third kappa shape index (κ3) is 3.30. The van der Waals surface area contributed by atoms with Crippen molar-refractivity contribution in [1.29, 1.82) is 0 Å². The van der Waals surface area contributed by atoms with Crippen LogP contribution in [0.5, 0.6) is 5.75 Å². The fraction of sp³-hybridized carbons (Fsp3) is 0.222. The van der Waals surface area contributed by atoms with Crippen molar-refractivity contribution >= 4 is 5.97 Å². The molecule has 0 amide bonds. The molecule has 8 heteroatoms. The Kier molecular flexibility index (Phi) is 3.54. The molecule has 1 aromatic rings. The van der Waals surface area contributed by atoms with Crippen LogP contribution in [-0.4, -0.2) is 17.4 Å². The largest absolute Gasteiger partial charge is 0.573 e. The summed E-state index contributed by atoms with van der Waals surface area (Å²) in [5, 5.41) is 8.58. The minimum Gasteiger partial charge on any atom is -0.478 e. The van der Waals surface area contributed by atoms with Crippen molar-refractivity contribution in [1.82, 2.24) is 0 Å². The summed E-state index contributed by atoms with van der Waals surface area (Å²) in [6.07, 6.45) is -8.51. The topological polar surface area (TPSA) is 46.5 Å². The number of benzene rings is 1. The molecule has 0 unspecified atom stereocenters. The van der Waals surface area contributed by atoms with Gasteiger partial charge in [-0.05, 0) is 12.1 Å². The van der Waals surface area contributed by atoms with Crippen molar-refractivity contribution in [3.8, 4) is 5.75 Å². The zero-order chi connectivity index (χ0) is 13.2.